The molecule has 0 saturated heterocycles. The summed E-state index contributed by atoms with van der Waals surface area (Å²) in [6.45, 7) is 0.263. The molecule has 0 aliphatic rings. The second-order valence-corrected chi connectivity index (χ2v) is 6.85. The van der Waals surface area contributed by atoms with E-state index in [0.717, 1.165) is 0 Å². The summed E-state index contributed by atoms with van der Waals surface area (Å²) in [5.41, 5.74) is 0.656. The highest BCUT2D eigenvalue weighted by atomic mass is 35.5. The molecule has 0 spiro atoms. The number of non-ortho nitro benzene ring substituents is 1. The molecule has 1 heterocycles. The van der Waals surface area contributed by atoms with Crippen molar-refractivity contribution < 1.29 is 15.1 Å². The highest BCUT2D eigenvalue weighted by Crippen LogP contribution is 2.34. The number of nitro groups is 1. The summed E-state index contributed by atoms with van der Waals surface area (Å²) < 4.78 is 0. The number of phenols is 2. The van der Waals surface area contributed by atoms with Gasteiger partial charge in [0, 0.05) is 47.6 Å². The van der Waals surface area contributed by atoms with Gasteiger partial charge in [-0.1, -0.05) is 29.3 Å². The number of anilines is 1. The van der Waals surface area contributed by atoms with Gasteiger partial charge in [0.1, 0.15) is 17.3 Å². The lowest BCUT2D eigenvalue weighted by molar-refractivity contribution is -0.384. The summed E-state index contributed by atoms with van der Waals surface area (Å²) in [6, 6.07) is 12.1. The second kappa shape index (κ2) is 8.33. The van der Waals surface area contributed by atoms with Crippen molar-refractivity contribution in [3.8, 4) is 11.5 Å². The average Bonchev–Trinajstić information content (AvgIpc) is 2.67. The summed E-state index contributed by atoms with van der Waals surface area (Å²) >= 11 is 12.1. The number of nitrogens with zero attached hydrogens (tertiary/aromatic N) is 3. The molecule has 9 heteroatoms. The van der Waals surface area contributed by atoms with Gasteiger partial charge in [0.05, 0.1) is 9.95 Å². The number of aromatic hydroxyl groups is 2. The second-order valence-electron chi connectivity index (χ2n) is 6.01. The summed E-state index contributed by atoms with van der Waals surface area (Å²) in [5, 5.41) is 32.0. The number of benzene rings is 2. The van der Waals surface area contributed by atoms with Gasteiger partial charge in [0.15, 0.2) is 0 Å². The smallest absolute Gasteiger partial charge is 0.270 e. The van der Waals surface area contributed by atoms with Gasteiger partial charge in [-0.2, -0.15) is 0 Å². The lowest BCUT2D eigenvalue weighted by atomic mass is 10.1. The Morgan fingerprint density at radius 3 is 2.46 bits per heavy atom. The highest BCUT2D eigenvalue weighted by molar-refractivity contribution is 6.35. The van der Waals surface area contributed by atoms with E-state index < -0.39 is 4.92 Å². The van der Waals surface area contributed by atoms with Crippen molar-refractivity contribution >= 4 is 34.7 Å². The van der Waals surface area contributed by atoms with Crippen LogP contribution in [0.4, 0.5) is 11.5 Å². The molecule has 0 bridgehead atoms. The van der Waals surface area contributed by atoms with Crippen LogP contribution in [-0.4, -0.2) is 20.1 Å². The first-order valence-corrected chi connectivity index (χ1v) is 8.90. The molecule has 0 aliphatic carbocycles. The molecule has 0 saturated carbocycles. The van der Waals surface area contributed by atoms with Crippen LogP contribution in [0.3, 0.4) is 0 Å². The standard InChI is InChI=1S/C19H15Cl2N3O4/c20-14-7-13(19(26)16(21)9-14)11-23(18-3-1-2-6-22-18)10-12-8-15(24(27)28)4-5-17(12)25/h1-9,25-26H,10-11H2. The first-order valence-electron chi connectivity index (χ1n) is 8.14. The maximum atomic E-state index is 11.1. The van der Waals surface area contributed by atoms with Crippen LogP contribution in [0.5, 0.6) is 11.5 Å². The van der Waals surface area contributed by atoms with Crippen molar-refractivity contribution in [3.05, 3.63) is 86.0 Å². The molecule has 0 unspecified atom stereocenters. The fourth-order valence-corrected chi connectivity index (χ4v) is 3.26. The van der Waals surface area contributed by atoms with E-state index in [2.05, 4.69) is 4.98 Å². The molecular formula is C19H15Cl2N3O4. The van der Waals surface area contributed by atoms with Gasteiger partial charge in [0.25, 0.3) is 5.69 Å². The molecule has 3 aromatic rings. The minimum atomic E-state index is -0.531. The Morgan fingerprint density at radius 1 is 1.04 bits per heavy atom. The molecule has 2 aromatic carbocycles. The third-order valence-corrected chi connectivity index (χ3v) is 4.58. The minimum absolute atomic E-state index is 0.0834. The summed E-state index contributed by atoms with van der Waals surface area (Å²) in [5.74, 6) is 0.346. The average molecular weight is 420 g/mol. The Labute approximate surface area is 170 Å². The molecule has 0 atom stereocenters. The maximum Gasteiger partial charge on any atom is 0.270 e. The predicted octanol–water partition coefficient (Wildman–Crippen LogP) is 4.91. The van der Waals surface area contributed by atoms with E-state index in [1.165, 1.54) is 24.3 Å². The van der Waals surface area contributed by atoms with E-state index in [1.54, 1.807) is 35.4 Å². The Morgan fingerprint density at radius 2 is 1.79 bits per heavy atom. The van der Waals surface area contributed by atoms with Gasteiger partial charge >= 0.3 is 0 Å². The summed E-state index contributed by atoms with van der Waals surface area (Å²) in [7, 11) is 0. The molecule has 0 fully saturated rings. The van der Waals surface area contributed by atoms with Gasteiger partial charge in [-0.15, -0.1) is 0 Å². The van der Waals surface area contributed by atoms with E-state index in [9.17, 15) is 20.3 Å². The Kier molecular flexibility index (Phi) is 5.87. The van der Waals surface area contributed by atoms with E-state index in [0.29, 0.717) is 22.0 Å². The van der Waals surface area contributed by atoms with Crippen molar-refractivity contribution in [2.75, 3.05) is 4.90 Å². The van der Waals surface area contributed by atoms with Crippen LogP contribution >= 0.6 is 23.2 Å². The Balaban J connectivity index is 2.00. The van der Waals surface area contributed by atoms with Crippen LogP contribution in [-0.2, 0) is 13.1 Å². The zero-order chi connectivity index (χ0) is 20.3. The maximum absolute atomic E-state index is 11.1. The Hall–Kier alpha value is -3.03. The summed E-state index contributed by atoms with van der Waals surface area (Å²) in [4.78, 5) is 16.6. The quantitative estimate of drug-likeness (QED) is 0.434. The highest BCUT2D eigenvalue weighted by Gasteiger charge is 2.18. The largest absolute Gasteiger partial charge is 0.508 e. The van der Waals surface area contributed by atoms with Crippen LogP contribution in [0.15, 0.2) is 54.7 Å². The molecule has 1 aromatic heterocycles. The van der Waals surface area contributed by atoms with Crippen LogP contribution in [0, 0.1) is 10.1 Å². The third kappa shape index (κ3) is 4.44. The number of aromatic nitrogens is 1. The topological polar surface area (TPSA) is 99.7 Å². The number of phenolic OH excluding ortho intramolecular Hbond substituents is 2. The first kappa shape index (κ1) is 19.7. The van der Waals surface area contributed by atoms with Gasteiger partial charge in [-0.25, -0.2) is 4.98 Å². The monoisotopic (exact) mass is 419 g/mol. The predicted molar refractivity (Wildman–Crippen MR) is 107 cm³/mol. The van der Waals surface area contributed by atoms with Crippen LogP contribution in [0.25, 0.3) is 0 Å². The third-order valence-electron chi connectivity index (χ3n) is 4.08. The normalized spacial score (nSPS) is 10.6. The fourth-order valence-electron chi connectivity index (χ4n) is 2.72. The van der Waals surface area contributed by atoms with Gasteiger partial charge in [-0.3, -0.25) is 10.1 Å². The van der Waals surface area contributed by atoms with E-state index in [1.807, 2.05) is 0 Å². The van der Waals surface area contributed by atoms with E-state index in [4.69, 9.17) is 23.2 Å². The fraction of sp³-hybridized carbons (Fsp3) is 0.105. The van der Waals surface area contributed by atoms with Crippen molar-refractivity contribution in [1.82, 2.24) is 4.98 Å². The lowest BCUT2D eigenvalue weighted by Gasteiger charge is -2.25. The number of halogens is 2. The lowest BCUT2D eigenvalue weighted by Crippen LogP contribution is -2.23. The van der Waals surface area contributed by atoms with Crippen molar-refractivity contribution in [1.29, 1.82) is 0 Å². The van der Waals surface area contributed by atoms with Crippen molar-refractivity contribution in [2.24, 2.45) is 0 Å². The molecule has 7 nitrogen and oxygen atoms in total. The van der Waals surface area contributed by atoms with Gasteiger partial charge in [-0.05, 0) is 30.3 Å². The minimum Gasteiger partial charge on any atom is -0.508 e. The molecule has 3 rings (SSSR count). The van der Waals surface area contributed by atoms with Crippen LogP contribution in [0.2, 0.25) is 10.0 Å². The molecule has 0 amide bonds. The molecule has 0 radical (unpaired) electrons. The number of nitro benzene ring substituents is 1. The molecular weight excluding hydrogens is 405 g/mol. The SMILES string of the molecule is O=[N+]([O-])c1ccc(O)c(CN(Cc2cc(Cl)cc(Cl)c2O)c2ccccn2)c1. The number of hydrogen-bond donors (Lipinski definition) is 2. The summed E-state index contributed by atoms with van der Waals surface area (Å²) in [6.07, 6.45) is 1.60. The first-order chi connectivity index (χ1) is 13.3. The number of pyridine rings is 1. The van der Waals surface area contributed by atoms with E-state index >= 15 is 0 Å². The molecule has 144 valence electrons. The van der Waals surface area contributed by atoms with Crippen molar-refractivity contribution in [2.45, 2.75) is 13.1 Å². The van der Waals surface area contributed by atoms with Crippen molar-refractivity contribution in [3.63, 3.8) is 0 Å². The number of hydrogen-bond acceptors (Lipinski definition) is 6. The van der Waals surface area contributed by atoms with Crippen LogP contribution < -0.4 is 4.90 Å². The van der Waals surface area contributed by atoms with E-state index in [-0.39, 0.29) is 35.3 Å². The zero-order valence-corrected chi connectivity index (χ0v) is 15.9. The Bertz CT molecular complexity index is 1020. The molecule has 28 heavy (non-hydrogen) atoms. The molecule has 0 aliphatic heterocycles. The molecule has 2 N–H and O–H groups in total. The zero-order valence-electron chi connectivity index (χ0n) is 14.4. The van der Waals surface area contributed by atoms with Crippen LogP contribution in [0.1, 0.15) is 11.1 Å². The van der Waals surface area contributed by atoms with Gasteiger partial charge < -0.3 is 15.1 Å². The van der Waals surface area contributed by atoms with Gasteiger partial charge in [0.2, 0.25) is 0 Å². The number of rotatable bonds is 6.